The fraction of sp³-hybridized carbons (Fsp3) is 0.167. The summed E-state index contributed by atoms with van der Waals surface area (Å²) in [7, 11) is 0. The van der Waals surface area contributed by atoms with E-state index >= 15 is 0 Å². The topological polar surface area (TPSA) is 9.23 Å². The van der Waals surface area contributed by atoms with E-state index in [1.165, 1.54) is 18.2 Å². The van der Waals surface area contributed by atoms with E-state index in [0.29, 0.717) is 16.3 Å². The third-order valence-corrected chi connectivity index (χ3v) is 2.76. The van der Waals surface area contributed by atoms with Crippen LogP contribution in [-0.2, 0) is 4.74 Å². The van der Waals surface area contributed by atoms with E-state index in [0.717, 1.165) is 0 Å². The fourth-order valence-electron chi connectivity index (χ4n) is 1.25. The third kappa shape index (κ3) is 2.77. The van der Waals surface area contributed by atoms with Crippen molar-refractivity contribution in [3.8, 4) is 0 Å². The Balaban J connectivity index is 3.07. The highest BCUT2D eigenvalue weighted by Crippen LogP contribution is 2.34. The van der Waals surface area contributed by atoms with Crippen molar-refractivity contribution in [3.05, 3.63) is 58.6 Å². The maximum absolute atomic E-state index is 13.3. The second-order valence-electron chi connectivity index (χ2n) is 3.19. The minimum Gasteiger partial charge on any atom is -0.487 e. The van der Waals surface area contributed by atoms with Crippen LogP contribution < -0.4 is 0 Å². The van der Waals surface area contributed by atoms with Crippen molar-refractivity contribution in [1.82, 2.24) is 0 Å². The van der Waals surface area contributed by atoms with E-state index in [-0.39, 0.29) is 5.02 Å². The molecule has 1 aromatic carbocycles. The molecule has 0 aliphatic heterocycles. The molecule has 0 saturated carbocycles. The van der Waals surface area contributed by atoms with E-state index < -0.39 is 11.9 Å². The molecule has 0 aliphatic rings. The first-order chi connectivity index (χ1) is 7.47. The molecule has 0 aromatic heterocycles. The molecule has 0 N–H and O–H groups in total. The monoisotopic (exact) mass is 260 g/mol. The van der Waals surface area contributed by atoms with Gasteiger partial charge in [-0.3, -0.25) is 0 Å². The van der Waals surface area contributed by atoms with E-state index in [9.17, 15) is 4.39 Å². The molecule has 0 aliphatic carbocycles. The molecule has 0 fully saturated rings. The number of hydrogen-bond acceptors (Lipinski definition) is 1. The van der Waals surface area contributed by atoms with Crippen LogP contribution in [-0.4, -0.2) is 0 Å². The van der Waals surface area contributed by atoms with Gasteiger partial charge in [-0.1, -0.05) is 36.4 Å². The zero-order valence-electron chi connectivity index (χ0n) is 8.77. The summed E-state index contributed by atoms with van der Waals surface area (Å²) in [4.78, 5) is 0. The van der Waals surface area contributed by atoms with Crippen molar-refractivity contribution < 1.29 is 9.13 Å². The zero-order chi connectivity index (χ0) is 12.3. The van der Waals surface area contributed by atoms with Gasteiger partial charge in [-0.2, -0.15) is 0 Å². The van der Waals surface area contributed by atoms with Gasteiger partial charge >= 0.3 is 0 Å². The molecule has 0 unspecified atom stereocenters. The Kier molecular flexibility index (Phi) is 4.39. The lowest BCUT2D eigenvalue weighted by Crippen LogP contribution is -2.01. The molecule has 1 aromatic rings. The van der Waals surface area contributed by atoms with Gasteiger partial charge in [-0.15, -0.1) is 0 Å². The molecule has 16 heavy (non-hydrogen) atoms. The van der Waals surface area contributed by atoms with Crippen molar-refractivity contribution in [3.63, 3.8) is 0 Å². The maximum atomic E-state index is 13.3. The van der Waals surface area contributed by atoms with Gasteiger partial charge in [0.15, 0.2) is 0 Å². The van der Waals surface area contributed by atoms with Crippen LogP contribution in [0.15, 0.2) is 37.1 Å². The Hall–Kier alpha value is -0.990. The first kappa shape index (κ1) is 13.1. The van der Waals surface area contributed by atoms with Crippen molar-refractivity contribution in [2.75, 3.05) is 0 Å². The molecule has 4 heteroatoms. The maximum Gasteiger partial charge on any atom is 0.142 e. The summed E-state index contributed by atoms with van der Waals surface area (Å²) >= 11 is 11.8. The average Bonchev–Trinajstić information content (AvgIpc) is 2.24. The first-order valence-electron chi connectivity index (χ1n) is 4.58. The zero-order valence-corrected chi connectivity index (χ0v) is 10.3. The van der Waals surface area contributed by atoms with Gasteiger partial charge in [-0.05, 0) is 25.1 Å². The molecule has 1 rings (SSSR count). The molecule has 0 amide bonds. The van der Waals surface area contributed by atoms with Gasteiger partial charge in [-0.25, -0.2) is 4.39 Å². The van der Waals surface area contributed by atoms with Gasteiger partial charge in [0.05, 0.1) is 5.02 Å². The summed E-state index contributed by atoms with van der Waals surface area (Å²) in [6, 6.07) is 2.65. The van der Waals surface area contributed by atoms with Gasteiger partial charge in [0.2, 0.25) is 0 Å². The molecule has 0 spiro atoms. The summed E-state index contributed by atoms with van der Waals surface area (Å²) in [5.41, 5.74) is 0.409. The molecule has 1 nitrogen and oxygen atoms in total. The molecule has 86 valence electrons. The highest BCUT2D eigenvalue weighted by molar-refractivity contribution is 6.36. The van der Waals surface area contributed by atoms with E-state index in [4.69, 9.17) is 27.9 Å². The third-order valence-electron chi connectivity index (χ3n) is 2.04. The van der Waals surface area contributed by atoms with E-state index in [2.05, 4.69) is 13.2 Å². The second-order valence-corrected chi connectivity index (χ2v) is 3.97. The molecule has 1 atom stereocenters. The number of rotatable bonds is 4. The lowest BCUT2D eigenvalue weighted by molar-refractivity contribution is 0.144. The lowest BCUT2D eigenvalue weighted by atomic mass is 10.1. The predicted octanol–water partition coefficient (Wildman–Crippen LogP) is 4.91. The first-order valence-corrected chi connectivity index (χ1v) is 5.34. The van der Waals surface area contributed by atoms with Crippen LogP contribution in [0.3, 0.4) is 0 Å². The minimum atomic E-state index is -0.527. The Labute approximate surface area is 104 Å². The fourth-order valence-corrected chi connectivity index (χ4v) is 1.93. The van der Waals surface area contributed by atoms with E-state index in [1.807, 2.05) is 0 Å². The van der Waals surface area contributed by atoms with Crippen LogP contribution >= 0.6 is 23.2 Å². The minimum absolute atomic E-state index is 0.0307. The molecular weight excluding hydrogens is 250 g/mol. The molecular formula is C12H11Cl2FO. The Morgan fingerprint density at radius 3 is 2.69 bits per heavy atom. The van der Waals surface area contributed by atoms with Crippen molar-refractivity contribution >= 4 is 23.2 Å². The number of ether oxygens (including phenoxy) is 1. The quantitative estimate of drug-likeness (QED) is 0.425. The van der Waals surface area contributed by atoms with Gasteiger partial charge in [0, 0.05) is 10.6 Å². The van der Waals surface area contributed by atoms with E-state index in [1.54, 1.807) is 6.92 Å². The normalized spacial score (nSPS) is 12.0. The Bertz CT molecular complexity index is 429. The van der Waals surface area contributed by atoms with Crippen molar-refractivity contribution in [2.45, 2.75) is 13.0 Å². The highest BCUT2D eigenvalue weighted by atomic mass is 35.5. The predicted molar refractivity (Wildman–Crippen MR) is 65.3 cm³/mol. The molecule has 0 heterocycles. The summed E-state index contributed by atoms with van der Waals surface area (Å²) in [5.74, 6) is -0.148. The number of hydrogen-bond donors (Lipinski definition) is 0. The summed E-state index contributed by atoms with van der Waals surface area (Å²) in [5, 5.41) is 0.327. The van der Waals surface area contributed by atoms with Crippen LogP contribution in [0, 0.1) is 5.82 Å². The van der Waals surface area contributed by atoms with Crippen LogP contribution in [0.5, 0.6) is 0 Å². The smallest absolute Gasteiger partial charge is 0.142 e. The number of benzene rings is 1. The lowest BCUT2D eigenvalue weighted by Gasteiger charge is -2.17. The molecule has 0 bridgehead atoms. The van der Waals surface area contributed by atoms with Crippen LogP contribution in [0.1, 0.15) is 18.6 Å². The molecule has 0 radical (unpaired) electrons. The summed E-state index contributed by atoms with van der Waals surface area (Å²) in [6.07, 6.45) is 0.971. The van der Waals surface area contributed by atoms with Gasteiger partial charge in [0.1, 0.15) is 17.7 Å². The number of halogens is 3. The van der Waals surface area contributed by atoms with Crippen LogP contribution in [0.25, 0.3) is 0 Å². The summed E-state index contributed by atoms with van der Waals surface area (Å²) in [6.45, 7) is 8.81. The standard InChI is InChI=1S/C12H11Cl2FO/c1-4-7(2)16-8(3)11-9(13)5-6-10(15)12(11)14/h4-6,8H,1-2H2,3H3/t8-/m1/s1. The SMILES string of the molecule is C=CC(=C)O[C@H](C)c1c(Cl)ccc(F)c1Cl. The second kappa shape index (κ2) is 5.37. The van der Waals surface area contributed by atoms with Gasteiger partial charge in [0.25, 0.3) is 0 Å². The largest absolute Gasteiger partial charge is 0.487 e. The Morgan fingerprint density at radius 1 is 1.50 bits per heavy atom. The highest BCUT2D eigenvalue weighted by Gasteiger charge is 2.18. The van der Waals surface area contributed by atoms with Gasteiger partial charge < -0.3 is 4.74 Å². The van der Waals surface area contributed by atoms with Crippen LogP contribution in [0.4, 0.5) is 4.39 Å². The average molecular weight is 261 g/mol. The summed E-state index contributed by atoms with van der Waals surface area (Å²) < 4.78 is 18.6. The van der Waals surface area contributed by atoms with Crippen molar-refractivity contribution in [2.24, 2.45) is 0 Å². The molecule has 0 saturated heterocycles. The van der Waals surface area contributed by atoms with Crippen molar-refractivity contribution in [1.29, 1.82) is 0 Å². The number of allylic oxidation sites excluding steroid dienone is 1. The van der Waals surface area contributed by atoms with Crippen LogP contribution in [0.2, 0.25) is 10.0 Å². The Morgan fingerprint density at radius 2 is 2.12 bits per heavy atom.